The maximum atomic E-state index is 12.2. The van der Waals surface area contributed by atoms with Gasteiger partial charge in [0.2, 0.25) is 0 Å². The van der Waals surface area contributed by atoms with Crippen molar-refractivity contribution in [2.45, 2.75) is 52.0 Å². The number of hydrogen-bond acceptors (Lipinski definition) is 5. The Kier molecular flexibility index (Phi) is 7.89. The van der Waals surface area contributed by atoms with E-state index in [-0.39, 0.29) is 11.9 Å². The SMILES string of the molecule is CCOC(=O)c1ccc(CC2CCCCC2)c(NCc2ccc(C(=O)OC)cc2)c1. The molecule has 0 bridgehead atoms. The first-order valence-corrected chi connectivity index (χ1v) is 10.8. The minimum absolute atomic E-state index is 0.299. The Morgan fingerprint density at radius 1 is 0.967 bits per heavy atom. The molecule has 1 N–H and O–H groups in total. The number of hydrogen-bond donors (Lipinski definition) is 1. The highest BCUT2D eigenvalue weighted by Gasteiger charge is 2.17. The maximum Gasteiger partial charge on any atom is 0.338 e. The van der Waals surface area contributed by atoms with Gasteiger partial charge in [0.1, 0.15) is 0 Å². The third kappa shape index (κ3) is 5.85. The molecule has 0 unspecified atom stereocenters. The van der Waals surface area contributed by atoms with Crippen molar-refractivity contribution in [3.63, 3.8) is 0 Å². The molecule has 0 radical (unpaired) electrons. The third-order valence-corrected chi connectivity index (χ3v) is 5.71. The van der Waals surface area contributed by atoms with Gasteiger partial charge >= 0.3 is 11.9 Å². The Hall–Kier alpha value is -2.82. The van der Waals surface area contributed by atoms with E-state index in [0.717, 1.165) is 17.7 Å². The van der Waals surface area contributed by atoms with Crippen molar-refractivity contribution in [3.05, 3.63) is 64.7 Å². The van der Waals surface area contributed by atoms with E-state index < -0.39 is 0 Å². The predicted molar refractivity (Wildman–Crippen MR) is 118 cm³/mol. The minimum Gasteiger partial charge on any atom is -0.465 e. The lowest BCUT2D eigenvalue weighted by molar-refractivity contribution is 0.0525. The van der Waals surface area contributed by atoms with E-state index in [9.17, 15) is 9.59 Å². The zero-order valence-corrected chi connectivity index (χ0v) is 17.9. The highest BCUT2D eigenvalue weighted by molar-refractivity contribution is 5.91. The van der Waals surface area contributed by atoms with Gasteiger partial charge in [-0.2, -0.15) is 0 Å². The van der Waals surface area contributed by atoms with Crippen molar-refractivity contribution in [1.29, 1.82) is 0 Å². The van der Waals surface area contributed by atoms with Crippen molar-refractivity contribution in [1.82, 2.24) is 0 Å². The van der Waals surface area contributed by atoms with E-state index in [1.165, 1.54) is 44.8 Å². The van der Waals surface area contributed by atoms with Crippen LogP contribution in [-0.2, 0) is 22.4 Å². The number of carbonyl (C=O) groups is 2. The molecule has 1 aliphatic rings. The molecular weight excluding hydrogens is 378 g/mol. The maximum absolute atomic E-state index is 12.2. The molecule has 1 fully saturated rings. The number of carbonyl (C=O) groups excluding carboxylic acids is 2. The number of rotatable bonds is 8. The molecule has 3 rings (SSSR count). The second-order valence-corrected chi connectivity index (χ2v) is 7.84. The monoisotopic (exact) mass is 409 g/mol. The summed E-state index contributed by atoms with van der Waals surface area (Å²) in [4.78, 5) is 23.8. The average Bonchev–Trinajstić information content (AvgIpc) is 2.79. The number of benzene rings is 2. The topological polar surface area (TPSA) is 64.6 Å². The second kappa shape index (κ2) is 10.8. The first-order valence-electron chi connectivity index (χ1n) is 10.8. The van der Waals surface area contributed by atoms with Crippen molar-refractivity contribution < 1.29 is 19.1 Å². The fourth-order valence-electron chi connectivity index (χ4n) is 4.04. The molecule has 0 heterocycles. The van der Waals surface area contributed by atoms with Crippen LogP contribution >= 0.6 is 0 Å². The summed E-state index contributed by atoms with van der Waals surface area (Å²) in [6.45, 7) is 2.77. The lowest BCUT2D eigenvalue weighted by Crippen LogP contribution is -2.13. The van der Waals surface area contributed by atoms with Crippen LogP contribution in [0.5, 0.6) is 0 Å². The Labute approximate surface area is 178 Å². The van der Waals surface area contributed by atoms with Gasteiger partial charge in [-0.05, 0) is 54.7 Å². The fraction of sp³-hybridized carbons (Fsp3) is 0.440. The highest BCUT2D eigenvalue weighted by atomic mass is 16.5. The Bertz CT molecular complexity index is 854. The smallest absolute Gasteiger partial charge is 0.338 e. The van der Waals surface area contributed by atoms with Crippen molar-refractivity contribution in [2.24, 2.45) is 5.92 Å². The first-order chi connectivity index (χ1) is 14.6. The summed E-state index contributed by atoms with van der Waals surface area (Å²) < 4.78 is 9.92. The van der Waals surface area contributed by atoms with E-state index in [0.29, 0.717) is 30.2 Å². The Morgan fingerprint density at radius 2 is 1.67 bits per heavy atom. The summed E-state index contributed by atoms with van der Waals surface area (Å²) in [5.41, 5.74) is 4.36. The average molecular weight is 410 g/mol. The molecule has 2 aromatic rings. The van der Waals surface area contributed by atoms with Crippen LogP contribution in [0.4, 0.5) is 5.69 Å². The van der Waals surface area contributed by atoms with Gasteiger partial charge < -0.3 is 14.8 Å². The number of esters is 2. The van der Waals surface area contributed by atoms with Gasteiger partial charge in [-0.25, -0.2) is 9.59 Å². The molecular formula is C25H31NO4. The second-order valence-electron chi connectivity index (χ2n) is 7.84. The number of methoxy groups -OCH3 is 1. The largest absolute Gasteiger partial charge is 0.465 e. The van der Waals surface area contributed by atoms with Crippen molar-refractivity contribution in [3.8, 4) is 0 Å². The number of nitrogens with one attached hydrogen (secondary N) is 1. The van der Waals surface area contributed by atoms with E-state index in [2.05, 4.69) is 11.4 Å². The summed E-state index contributed by atoms with van der Waals surface area (Å²) in [5, 5.41) is 3.50. The standard InChI is InChI=1S/C25H31NO4/c1-3-30-25(28)22-14-13-21(15-18-7-5-4-6-8-18)23(16-22)26-17-19-9-11-20(12-10-19)24(27)29-2/h9-14,16,18,26H,3-8,15,17H2,1-2H3. The Balaban J connectivity index is 1.75. The highest BCUT2D eigenvalue weighted by Crippen LogP contribution is 2.30. The molecule has 0 aliphatic heterocycles. The van der Waals surface area contributed by atoms with Crippen LogP contribution in [-0.4, -0.2) is 25.7 Å². The summed E-state index contributed by atoms with van der Waals surface area (Å²) in [6, 6.07) is 13.2. The van der Waals surface area contributed by atoms with Crippen LogP contribution < -0.4 is 5.32 Å². The summed E-state index contributed by atoms with van der Waals surface area (Å²) in [6.07, 6.45) is 7.52. The van der Waals surface area contributed by atoms with Crippen LogP contribution in [0.3, 0.4) is 0 Å². The number of anilines is 1. The molecule has 2 aromatic carbocycles. The summed E-state index contributed by atoms with van der Waals surface area (Å²) in [7, 11) is 1.38. The fourth-order valence-corrected chi connectivity index (χ4v) is 4.04. The molecule has 1 aliphatic carbocycles. The molecule has 30 heavy (non-hydrogen) atoms. The van der Waals surface area contributed by atoms with Gasteiger partial charge in [0.05, 0.1) is 24.8 Å². The first kappa shape index (κ1) is 21.9. The van der Waals surface area contributed by atoms with Gasteiger partial charge in [-0.1, -0.05) is 50.3 Å². The summed E-state index contributed by atoms with van der Waals surface area (Å²) in [5.74, 6) is 0.0608. The minimum atomic E-state index is -0.341. The van der Waals surface area contributed by atoms with Crippen LogP contribution in [0.15, 0.2) is 42.5 Å². The van der Waals surface area contributed by atoms with E-state index >= 15 is 0 Å². The van der Waals surface area contributed by atoms with Crippen LogP contribution in [0.1, 0.15) is 70.9 Å². The van der Waals surface area contributed by atoms with E-state index in [1.54, 1.807) is 12.1 Å². The molecule has 5 heteroatoms. The molecule has 0 amide bonds. The predicted octanol–water partition coefficient (Wildman–Crippen LogP) is 5.38. The quantitative estimate of drug-likeness (QED) is 0.593. The molecule has 1 saturated carbocycles. The normalized spacial score (nSPS) is 14.2. The van der Waals surface area contributed by atoms with Crippen molar-refractivity contribution >= 4 is 17.6 Å². The van der Waals surface area contributed by atoms with Crippen LogP contribution in [0.25, 0.3) is 0 Å². The zero-order chi connectivity index (χ0) is 21.3. The van der Waals surface area contributed by atoms with Crippen LogP contribution in [0, 0.1) is 5.92 Å². The Morgan fingerprint density at radius 3 is 2.33 bits per heavy atom. The van der Waals surface area contributed by atoms with Crippen LogP contribution in [0.2, 0.25) is 0 Å². The van der Waals surface area contributed by atoms with Gasteiger partial charge in [-0.3, -0.25) is 0 Å². The van der Waals surface area contributed by atoms with Gasteiger partial charge in [0.25, 0.3) is 0 Å². The zero-order valence-electron chi connectivity index (χ0n) is 17.9. The molecule has 160 valence electrons. The molecule has 0 atom stereocenters. The third-order valence-electron chi connectivity index (χ3n) is 5.71. The molecule has 5 nitrogen and oxygen atoms in total. The van der Waals surface area contributed by atoms with E-state index in [4.69, 9.17) is 9.47 Å². The molecule has 0 aromatic heterocycles. The molecule has 0 saturated heterocycles. The number of ether oxygens (including phenoxy) is 2. The summed E-state index contributed by atoms with van der Waals surface area (Å²) >= 11 is 0. The van der Waals surface area contributed by atoms with E-state index in [1.807, 2.05) is 31.2 Å². The van der Waals surface area contributed by atoms with Gasteiger partial charge in [0, 0.05) is 12.2 Å². The van der Waals surface area contributed by atoms with Crippen molar-refractivity contribution in [2.75, 3.05) is 19.0 Å². The lowest BCUT2D eigenvalue weighted by atomic mass is 9.84. The molecule has 0 spiro atoms. The lowest BCUT2D eigenvalue weighted by Gasteiger charge is -2.23. The van der Waals surface area contributed by atoms with Gasteiger partial charge in [0.15, 0.2) is 0 Å². The van der Waals surface area contributed by atoms with Gasteiger partial charge in [-0.15, -0.1) is 0 Å².